The number of hydrogen-bond acceptors (Lipinski definition) is 4. The van der Waals surface area contributed by atoms with E-state index < -0.39 is 0 Å². The highest BCUT2D eigenvalue weighted by molar-refractivity contribution is 6.04. The van der Waals surface area contributed by atoms with Crippen LogP contribution in [0.3, 0.4) is 0 Å². The predicted octanol–water partition coefficient (Wildman–Crippen LogP) is 3.95. The van der Waals surface area contributed by atoms with Gasteiger partial charge in [0.2, 0.25) is 11.8 Å². The first kappa shape index (κ1) is 25.7. The van der Waals surface area contributed by atoms with Crippen molar-refractivity contribution in [3.05, 3.63) is 11.8 Å². The Labute approximate surface area is 181 Å². The second-order valence-electron chi connectivity index (χ2n) is 7.96. The van der Waals surface area contributed by atoms with E-state index in [1.54, 1.807) is 0 Å². The van der Waals surface area contributed by atoms with E-state index in [2.05, 4.69) is 18.2 Å². The van der Waals surface area contributed by atoms with Crippen molar-refractivity contribution in [2.45, 2.75) is 90.5 Å². The van der Waals surface area contributed by atoms with Crippen molar-refractivity contribution in [2.24, 2.45) is 5.92 Å². The third-order valence-corrected chi connectivity index (χ3v) is 5.50. The number of nitrogens with zero attached hydrogens (tertiary/aromatic N) is 1. The molecule has 0 spiro atoms. The Bertz CT molecular complexity index is 636. The SMILES string of the molecule is C#CCCCCC(C)C(=O)NCCCC[C@H]1C(OC)=CC(=O)N1C(=O)CCCCC. The first-order chi connectivity index (χ1) is 14.5. The highest BCUT2D eigenvalue weighted by Crippen LogP contribution is 2.26. The molecule has 0 aromatic heterocycles. The van der Waals surface area contributed by atoms with Crippen molar-refractivity contribution >= 4 is 17.7 Å². The van der Waals surface area contributed by atoms with Crippen molar-refractivity contribution < 1.29 is 19.1 Å². The number of amides is 3. The van der Waals surface area contributed by atoms with Crippen LogP contribution in [0.1, 0.15) is 84.5 Å². The van der Waals surface area contributed by atoms with Gasteiger partial charge in [-0.2, -0.15) is 0 Å². The molecule has 1 rings (SSSR count). The van der Waals surface area contributed by atoms with E-state index in [9.17, 15) is 14.4 Å². The molecular weight excluding hydrogens is 380 g/mol. The zero-order valence-electron chi connectivity index (χ0n) is 18.9. The van der Waals surface area contributed by atoms with Crippen LogP contribution in [0.2, 0.25) is 0 Å². The van der Waals surface area contributed by atoms with Gasteiger partial charge in [0.15, 0.2) is 0 Å². The topological polar surface area (TPSA) is 75.7 Å². The Morgan fingerprint density at radius 2 is 2.00 bits per heavy atom. The molecule has 0 bridgehead atoms. The second kappa shape index (κ2) is 14.7. The van der Waals surface area contributed by atoms with Crippen LogP contribution in [0, 0.1) is 18.3 Å². The summed E-state index contributed by atoms with van der Waals surface area (Å²) in [6.07, 6.45) is 15.6. The van der Waals surface area contributed by atoms with Gasteiger partial charge >= 0.3 is 0 Å². The average Bonchev–Trinajstić information content (AvgIpc) is 3.06. The number of hydrogen-bond donors (Lipinski definition) is 1. The van der Waals surface area contributed by atoms with E-state index in [-0.39, 0.29) is 29.7 Å². The van der Waals surface area contributed by atoms with Crippen LogP contribution in [0.4, 0.5) is 0 Å². The third kappa shape index (κ3) is 8.61. The van der Waals surface area contributed by atoms with E-state index in [1.165, 1.54) is 18.1 Å². The van der Waals surface area contributed by atoms with Crippen LogP contribution in [-0.4, -0.2) is 42.3 Å². The molecule has 2 atom stereocenters. The molecule has 168 valence electrons. The quantitative estimate of drug-likeness (QED) is 0.323. The van der Waals surface area contributed by atoms with Gasteiger partial charge in [-0.1, -0.05) is 33.1 Å². The van der Waals surface area contributed by atoms with E-state index in [0.717, 1.165) is 57.8 Å². The van der Waals surface area contributed by atoms with E-state index >= 15 is 0 Å². The number of ether oxygens (including phenoxy) is 1. The zero-order chi connectivity index (χ0) is 22.4. The number of terminal acetylenes is 1. The average molecular weight is 419 g/mol. The molecule has 6 heteroatoms. The number of nitrogens with one attached hydrogen (secondary N) is 1. The molecule has 3 amide bonds. The molecule has 1 unspecified atom stereocenters. The second-order valence-corrected chi connectivity index (χ2v) is 7.96. The summed E-state index contributed by atoms with van der Waals surface area (Å²) in [6.45, 7) is 4.61. The van der Waals surface area contributed by atoms with E-state index in [0.29, 0.717) is 25.1 Å². The molecule has 0 aromatic carbocycles. The normalized spacial score (nSPS) is 16.7. The van der Waals surface area contributed by atoms with Gasteiger partial charge < -0.3 is 10.1 Å². The van der Waals surface area contributed by atoms with Crippen molar-refractivity contribution in [3.8, 4) is 12.3 Å². The minimum absolute atomic E-state index is 0.0190. The minimum atomic E-state index is -0.331. The van der Waals surface area contributed by atoms with Gasteiger partial charge in [-0.25, -0.2) is 0 Å². The maximum Gasteiger partial charge on any atom is 0.257 e. The number of imide groups is 1. The fourth-order valence-electron chi connectivity index (χ4n) is 3.64. The standard InChI is InChI=1S/C24H38N2O4/c1-5-7-9-11-14-19(3)24(29)25-17-13-12-15-20-21(30-4)18-23(28)26(20)22(27)16-10-8-6-2/h1,18-20H,6-17H2,2-4H3,(H,25,29)/t19?,20-/m0/s1. The summed E-state index contributed by atoms with van der Waals surface area (Å²) < 4.78 is 5.35. The van der Waals surface area contributed by atoms with Crippen LogP contribution in [-0.2, 0) is 19.1 Å². The van der Waals surface area contributed by atoms with Gasteiger partial charge in [-0.15, -0.1) is 12.3 Å². The summed E-state index contributed by atoms with van der Waals surface area (Å²) in [5.41, 5.74) is 0. The molecule has 1 heterocycles. The molecule has 0 fully saturated rings. The lowest BCUT2D eigenvalue weighted by molar-refractivity contribution is -0.143. The molecule has 0 radical (unpaired) electrons. The summed E-state index contributed by atoms with van der Waals surface area (Å²) in [5, 5.41) is 2.98. The third-order valence-electron chi connectivity index (χ3n) is 5.50. The molecule has 1 aliphatic heterocycles. The van der Waals surface area contributed by atoms with Crippen molar-refractivity contribution in [1.82, 2.24) is 10.2 Å². The van der Waals surface area contributed by atoms with Crippen molar-refractivity contribution in [3.63, 3.8) is 0 Å². The zero-order valence-corrected chi connectivity index (χ0v) is 18.9. The monoisotopic (exact) mass is 418 g/mol. The number of rotatable bonds is 15. The first-order valence-electron chi connectivity index (χ1n) is 11.3. The molecule has 1 N–H and O–H groups in total. The number of carbonyl (C=O) groups is 3. The maximum absolute atomic E-state index is 12.5. The van der Waals surface area contributed by atoms with Crippen LogP contribution >= 0.6 is 0 Å². The smallest absolute Gasteiger partial charge is 0.257 e. The molecule has 30 heavy (non-hydrogen) atoms. The molecule has 0 aliphatic carbocycles. The molecule has 0 saturated carbocycles. The highest BCUT2D eigenvalue weighted by atomic mass is 16.5. The van der Waals surface area contributed by atoms with Gasteiger partial charge in [0.05, 0.1) is 13.2 Å². The van der Waals surface area contributed by atoms with Crippen LogP contribution < -0.4 is 5.32 Å². The summed E-state index contributed by atoms with van der Waals surface area (Å²) in [5.74, 6) is 2.80. The summed E-state index contributed by atoms with van der Waals surface area (Å²) in [6, 6.07) is -0.331. The fraction of sp³-hybridized carbons (Fsp3) is 0.708. The maximum atomic E-state index is 12.5. The van der Waals surface area contributed by atoms with Crippen LogP contribution in [0.5, 0.6) is 0 Å². The lowest BCUT2D eigenvalue weighted by atomic mass is 10.0. The molecule has 1 aliphatic rings. The molecule has 6 nitrogen and oxygen atoms in total. The van der Waals surface area contributed by atoms with Crippen LogP contribution in [0.25, 0.3) is 0 Å². The van der Waals surface area contributed by atoms with Crippen LogP contribution in [0.15, 0.2) is 11.8 Å². The summed E-state index contributed by atoms with van der Waals surface area (Å²) in [4.78, 5) is 38.3. The van der Waals surface area contributed by atoms with Gasteiger partial charge in [-0.05, 0) is 38.5 Å². The van der Waals surface area contributed by atoms with Crippen molar-refractivity contribution in [1.29, 1.82) is 0 Å². The molecule has 0 saturated heterocycles. The van der Waals surface area contributed by atoms with Gasteiger partial charge in [0, 0.05) is 31.4 Å². The van der Waals surface area contributed by atoms with Gasteiger partial charge in [-0.3, -0.25) is 19.3 Å². The molecular formula is C24H38N2O4. The number of methoxy groups -OCH3 is 1. The first-order valence-corrected chi connectivity index (χ1v) is 11.3. The largest absolute Gasteiger partial charge is 0.499 e. The Morgan fingerprint density at radius 3 is 2.67 bits per heavy atom. The Balaban J connectivity index is 2.38. The highest BCUT2D eigenvalue weighted by Gasteiger charge is 2.37. The predicted molar refractivity (Wildman–Crippen MR) is 118 cm³/mol. The van der Waals surface area contributed by atoms with Crippen molar-refractivity contribution in [2.75, 3.05) is 13.7 Å². The fourth-order valence-corrected chi connectivity index (χ4v) is 3.64. The molecule has 0 aromatic rings. The number of unbranched alkanes of at least 4 members (excludes halogenated alkanes) is 5. The van der Waals surface area contributed by atoms with E-state index in [4.69, 9.17) is 11.2 Å². The summed E-state index contributed by atoms with van der Waals surface area (Å²) >= 11 is 0. The number of carbonyl (C=O) groups excluding carboxylic acids is 3. The summed E-state index contributed by atoms with van der Waals surface area (Å²) in [7, 11) is 1.53. The lowest BCUT2D eigenvalue weighted by Gasteiger charge is -2.25. The van der Waals surface area contributed by atoms with Gasteiger partial charge in [0.1, 0.15) is 5.76 Å². The Morgan fingerprint density at radius 1 is 1.23 bits per heavy atom. The minimum Gasteiger partial charge on any atom is -0.499 e. The lowest BCUT2D eigenvalue weighted by Crippen LogP contribution is -2.40. The Hall–Kier alpha value is -2.29. The van der Waals surface area contributed by atoms with Gasteiger partial charge in [0.25, 0.3) is 5.91 Å². The Kier molecular flexibility index (Phi) is 12.6. The van der Waals surface area contributed by atoms with E-state index in [1.807, 2.05) is 6.92 Å².